The summed E-state index contributed by atoms with van der Waals surface area (Å²) >= 11 is 2.03. The number of H-pyrrole nitrogens is 1. The molecular weight excluding hydrogens is 458 g/mol. The minimum Gasteiger partial charge on any atom is -0.463 e. The first-order valence-corrected chi connectivity index (χ1v) is 13.4. The van der Waals surface area contributed by atoms with Gasteiger partial charge in [0, 0.05) is 29.5 Å². The van der Waals surface area contributed by atoms with Crippen LogP contribution in [0, 0.1) is 6.92 Å². The quantitative estimate of drug-likeness (QED) is 0.117. The molecule has 10 nitrogen and oxygen atoms in total. The molecular formula is C23H37N5O5S. The number of nitrogens with zero attached hydrogens (tertiary/aromatic N) is 4. The predicted molar refractivity (Wildman–Crippen MR) is 133 cm³/mol. The summed E-state index contributed by atoms with van der Waals surface area (Å²) in [5.41, 5.74) is 8.16. The largest absolute Gasteiger partial charge is 0.463 e. The number of unbranched alkanes of at least 4 members (excludes halogenated alkanes) is 6. The van der Waals surface area contributed by atoms with Gasteiger partial charge < -0.3 is 9.47 Å². The molecule has 1 saturated heterocycles. The van der Waals surface area contributed by atoms with Gasteiger partial charge in [-0.2, -0.15) is 11.8 Å². The van der Waals surface area contributed by atoms with E-state index in [2.05, 4.69) is 21.9 Å². The lowest BCUT2D eigenvalue weighted by Gasteiger charge is -2.17. The molecule has 2 rings (SSSR count). The van der Waals surface area contributed by atoms with E-state index in [0.29, 0.717) is 12.0 Å². The van der Waals surface area contributed by atoms with Gasteiger partial charge in [-0.05, 0) is 43.2 Å². The number of carbonyl (C=O) groups excluding carboxylic acids is 1. The zero-order valence-electron chi connectivity index (χ0n) is 20.2. The van der Waals surface area contributed by atoms with Gasteiger partial charge in [0.25, 0.3) is 5.56 Å². The molecule has 1 aromatic rings. The van der Waals surface area contributed by atoms with Crippen molar-refractivity contribution in [3.05, 3.63) is 43.0 Å². The lowest BCUT2D eigenvalue weighted by atomic mass is 10.1. The second-order valence-corrected chi connectivity index (χ2v) is 9.86. The Morgan fingerprint density at radius 1 is 1.24 bits per heavy atom. The average Bonchev–Trinajstić information content (AvgIpc) is 3.21. The van der Waals surface area contributed by atoms with Gasteiger partial charge in [-0.15, -0.1) is 0 Å². The Morgan fingerprint density at radius 2 is 1.94 bits per heavy atom. The maximum atomic E-state index is 12.1. The number of rotatable bonds is 16. The number of nitrogens with one attached hydrogen (secondary N) is 1. The molecule has 1 aliphatic heterocycles. The number of hydrogen-bond acceptors (Lipinski definition) is 7. The second-order valence-electron chi connectivity index (χ2n) is 8.64. The van der Waals surface area contributed by atoms with Gasteiger partial charge in [0.05, 0.1) is 6.04 Å². The van der Waals surface area contributed by atoms with Crippen LogP contribution in [0.3, 0.4) is 0 Å². The van der Waals surface area contributed by atoms with Crippen LogP contribution in [0.4, 0.5) is 0 Å². The fraction of sp³-hybridized carbons (Fsp3) is 0.783. The molecule has 1 fully saturated rings. The lowest BCUT2D eigenvalue weighted by molar-refractivity contribution is -0.148. The molecule has 0 bridgehead atoms. The summed E-state index contributed by atoms with van der Waals surface area (Å²) in [6.45, 7) is 3.76. The van der Waals surface area contributed by atoms with E-state index in [-0.39, 0.29) is 19.0 Å². The third-order valence-electron chi connectivity index (χ3n) is 5.83. The number of carbonyl (C=O) groups is 1. The summed E-state index contributed by atoms with van der Waals surface area (Å²) in [6, 6.07) is -0.582. The maximum Gasteiger partial charge on any atom is 0.330 e. The number of esters is 1. The van der Waals surface area contributed by atoms with E-state index in [1.807, 2.05) is 11.8 Å². The summed E-state index contributed by atoms with van der Waals surface area (Å²) < 4.78 is 12.5. The van der Waals surface area contributed by atoms with Crippen LogP contribution in [0.5, 0.6) is 0 Å². The summed E-state index contributed by atoms with van der Waals surface area (Å²) in [4.78, 5) is 40.9. The number of aryl methyl sites for hydroxylation is 1. The van der Waals surface area contributed by atoms with E-state index >= 15 is 0 Å². The molecule has 1 N–H and O–H groups in total. The van der Waals surface area contributed by atoms with Crippen LogP contribution in [0.2, 0.25) is 0 Å². The lowest BCUT2D eigenvalue weighted by Crippen LogP contribution is -2.33. The molecule has 0 saturated carbocycles. The van der Waals surface area contributed by atoms with Crippen LogP contribution in [0.1, 0.15) is 82.9 Å². The summed E-state index contributed by atoms with van der Waals surface area (Å²) in [5, 5.41) is 3.74. The number of ether oxygens (including phenoxy) is 2. The average molecular weight is 496 g/mol. The first-order valence-electron chi connectivity index (χ1n) is 12.2. The highest BCUT2D eigenvalue weighted by Crippen LogP contribution is 2.30. The highest BCUT2D eigenvalue weighted by atomic mass is 32.2. The van der Waals surface area contributed by atoms with E-state index in [4.69, 9.17) is 15.0 Å². The number of hydrogen-bond donors (Lipinski definition) is 1. The predicted octanol–water partition coefficient (Wildman–Crippen LogP) is 4.62. The van der Waals surface area contributed by atoms with E-state index in [9.17, 15) is 14.4 Å². The van der Waals surface area contributed by atoms with Gasteiger partial charge in [-0.25, -0.2) is 4.79 Å². The van der Waals surface area contributed by atoms with E-state index in [1.54, 1.807) is 6.92 Å². The third-order valence-corrected chi connectivity index (χ3v) is 6.99. The first-order chi connectivity index (χ1) is 16.5. The SMILES string of the molecule is CCCCCSCCCCCCCC(=O)OCC1OC(n2cc(C)c(=O)[nH]c2=O)CC1N=[N+]=[N-]. The molecule has 1 aromatic heterocycles. The van der Waals surface area contributed by atoms with Gasteiger partial charge >= 0.3 is 11.7 Å². The second kappa shape index (κ2) is 15.6. The molecule has 0 amide bonds. The zero-order valence-corrected chi connectivity index (χ0v) is 21.1. The van der Waals surface area contributed by atoms with Crippen molar-refractivity contribution in [3.8, 4) is 0 Å². The van der Waals surface area contributed by atoms with Crippen LogP contribution in [-0.2, 0) is 14.3 Å². The number of aromatic amines is 1. The Kier molecular flexibility index (Phi) is 12.9. The third kappa shape index (κ3) is 9.56. The number of thioether (sulfide) groups is 1. The smallest absolute Gasteiger partial charge is 0.330 e. The van der Waals surface area contributed by atoms with Crippen LogP contribution < -0.4 is 11.2 Å². The monoisotopic (exact) mass is 495 g/mol. The molecule has 34 heavy (non-hydrogen) atoms. The van der Waals surface area contributed by atoms with Gasteiger partial charge in [-0.3, -0.25) is 19.1 Å². The van der Waals surface area contributed by atoms with Crippen molar-refractivity contribution in [1.29, 1.82) is 0 Å². The maximum absolute atomic E-state index is 12.1. The minimum atomic E-state index is -0.716. The van der Waals surface area contributed by atoms with Gasteiger partial charge in [0.2, 0.25) is 0 Å². The Hall–Kier alpha value is -2.23. The fourth-order valence-corrected chi connectivity index (χ4v) is 4.85. The number of azide groups is 1. The Bertz CT molecular complexity index is 927. The van der Waals surface area contributed by atoms with Crippen LogP contribution in [-0.4, -0.2) is 45.8 Å². The molecule has 0 radical (unpaired) electrons. The molecule has 11 heteroatoms. The molecule has 0 spiro atoms. The van der Waals surface area contributed by atoms with Crippen molar-refractivity contribution in [2.24, 2.45) is 5.11 Å². The van der Waals surface area contributed by atoms with E-state index in [1.165, 1.54) is 54.4 Å². The Balaban J connectivity index is 1.67. The van der Waals surface area contributed by atoms with Crippen LogP contribution >= 0.6 is 11.8 Å². The first kappa shape index (κ1) is 28.0. The molecule has 3 unspecified atom stereocenters. The van der Waals surface area contributed by atoms with Crippen molar-refractivity contribution >= 4 is 17.7 Å². The zero-order chi connectivity index (χ0) is 24.8. The fourth-order valence-electron chi connectivity index (χ4n) is 3.83. The summed E-state index contributed by atoms with van der Waals surface area (Å²) in [7, 11) is 0. The molecule has 0 aromatic carbocycles. The topological polar surface area (TPSA) is 139 Å². The van der Waals surface area contributed by atoms with E-state index < -0.39 is 29.6 Å². The van der Waals surface area contributed by atoms with Gasteiger partial charge in [-0.1, -0.05) is 44.1 Å². The summed E-state index contributed by atoms with van der Waals surface area (Å²) in [6.07, 6.45) is 9.82. The Morgan fingerprint density at radius 3 is 2.68 bits per heavy atom. The minimum absolute atomic E-state index is 0.0502. The van der Waals surface area contributed by atoms with Crippen LogP contribution in [0.25, 0.3) is 10.4 Å². The normalized spacial score (nSPS) is 19.6. The molecule has 1 aliphatic rings. The van der Waals surface area contributed by atoms with E-state index in [0.717, 1.165) is 19.3 Å². The molecule has 0 aliphatic carbocycles. The van der Waals surface area contributed by atoms with Gasteiger partial charge in [0.15, 0.2) is 0 Å². The standard InChI is InChI=1S/C23H37N5O5S/c1-3-4-9-12-34-13-10-7-5-6-8-11-21(29)32-16-19-18(26-27-24)14-20(33-19)28-15-17(2)22(30)25-23(28)31/h15,18-20H,3-14,16H2,1-2H3,(H,25,30,31). The summed E-state index contributed by atoms with van der Waals surface area (Å²) in [5.74, 6) is 2.16. The highest BCUT2D eigenvalue weighted by molar-refractivity contribution is 7.99. The van der Waals surface area contributed by atoms with Gasteiger partial charge in [0.1, 0.15) is 18.9 Å². The van der Waals surface area contributed by atoms with Crippen molar-refractivity contribution < 1.29 is 14.3 Å². The molecule has 190 valence electrons. The van der Waals surface area contributed by atoms with Crippen LogP contribution in [0.15, 0.2) is 20.9 Å². The van der Waals surface area contributed by atoms with Crippen molar-refractivity contribution in [3.63, 3.8) is 0 Å². The number of aromatic nitrogens is 2. The highest BCUT2D eigenvalue weighted by Gasteiger charge is 2.37. The Labute approximate surface area is 204 Å². The van der Waals surface area contributed by atoms with Crippen molar-refractivity contribution in [1.82, 2.24) is 9.55 Å². The van der Waals surface area contributed by atoms with Crippen molar-refractivity contribution in [2.45, 2.75) is 96.4 Å². The molecule has 3 atom stereocenters. The molecule has 2 heterocycles. The van der Waals surface area contributed by atoms with Crippen molar-refractivity contribution in [2.75, 3.05) is 18.1 Å².